The lowest BCUT2D eigenvalue weighted by Gasteiger charge is -2.34. The van der Waals surface area contributed by atoms with Gasteiger partial charge in [-0.3, -0.25) is 4.79 Å². The molecule has 0 bridgehead atoms. The Morgan fingerprint density at radius 1 is 1.39 bits per heavy atom. The van der Waals surface area contributed by atoms with Crippen molar-refractivity contribution in [2.75, 3.05) is 19.8 Å². The van der Waals surface area contributed by atoms with E-state index in [9.17, 15) is 4.79 Å². The molecular formula is C14H26N2O2. The van der Waals surface area contributed by atoms with Gasteiger partial charge in [0.15, 0.2) is 0 Å². The topological polar surface area (TPSA) is 50.4 Å². The van der Waals surface area contributed by atoms with Crippen LogP contribution in [0.4, 0.5) is 0 Å². The fourth-order valence-corrected chi connectivity index (χ4v) is 2.82. The summed E-state index contributed by atoms with van der Waals surface area (Å²) in [6.07, 6.45) is 7.28. The second kappa shape index (κ2) is 6.53. The molecule has 0 aromatic carbocycles. The minimum Gasteiger partial charge on any atom is -0.381 e. The molecule has 1 unspecified atom stereocenters. The van der Waals surface area contributed by atoms with Crippen molar-refractivity contribution < 1.29 is 9.53 Å². The van der Waals surface area contributed by atoms with Gasteiger partial charge in [0.05, 0.1) is 0 Å². The normalized spacial score (nSPS) is 27.7. The second-order valence-corrected chi connectivity index (χ2v) is 5.91. The fourth-order valence-electron chi connectivity index (χ4n) is 2.82. The maximum absolute atomic E-state index is 12.0. The van der Waals surface area contributed by atoms with Crippen LogP contribution in [0.2, 0.25) is 0 Å². The molecule has 0 radical (unpaired) electrons. The van der Waals surface area contributed by atoms with Crippen molar-refractivity contribution in [3.05, 3.63) is 0 Å². The van der Waals surface area contributed by atoms with E-state index in [4.69, 9.17) is 4.74 Å². The van der Waals surface area contributed by atoms with Crippen molar-refractivity contribution in [1.29, 1.82) is 0 Å². The highest BCUT2D eigenvalue weighted by Gasteiger charge is 2.28. The summed E-state index contributed by atoms with van der Waals surface area (Å²) in [5.41, 5.74) is -0.0463. The molecule has 2 N–H and O–H groups in total. The molecule has 0 aromatic rings. The number of hydrogen-bond donors (Lipinski definition) is 2. The molecule has 2 heterocycles. The summed E-state index contributed by atoms with van der Waals surface area (Å²) >= 11 is 0. The number of ether oxygens (including phenoxy) is 1. The van der Waals surface area contributed by atoms with E-state index in [1.54, 1.807) is 0 Å². The summed E-state index contributed by atoms with van der Waals surface area (Å²) in [4.78, 5) is 12.0. The van der Waals surface area contributed by atoms with Crippen LogP contribution in [0.3, 0.4) is 0 Å². The minimum atomic E-state index is -0.0463. The lowest BCUT2D eigenvalue weighted by atomic mass is 9.92. The Balaban J connectivity index is 1.67. The molecule has 0 aromatic heterocycles. The zero-order valence-corrected chi connectivity index (χ0v) is 11.5. The Kier molecular flexibility index (Phi) is 5.01. The first kappa shape index (κ1) is 13.8. The van der Waals surface area contributed by atoms with Crippen LogP contribution in [0.5, 0.6) is 0 Å². The molecule has 1 amide bonds. The molecule has 4 heteroatoms. The van der Waals surface area contributed by atoms with E-state index in [1.165, 1.54) is 19.3 Å². The van der Waals surface area contributed by atoms with Gasteiger partial charge in [-0.2, -0.15) is 0 Å². The zero-order chi connectivity index (χ0) is 12.8. The average molecular weight is 254 g/mol. The maximum atomic E-state index is 12.0. The number of rotatable bonds is 4. The summed E-state index contributed by atoms with van der Waals surface area (Å²) in [5.74, 6) is 0.201. The number of carbonyl (C=O) groups excluding carboxylic acids is 1. The number of carbonyl (C=O) groups is 1. The van der Waals surface area contributed by atoms with Gasteiger partial charge >= 0.3 is 0 Å². The lowest BCUT2D eigenvalue weighted by Crippen LogP contribution is -2.49. The van der Waals surface area contributed by atoms with Gasteiger partial charge in [0.2, 0.25) is 5.91 Å². The van der Waals surface area contributed by atoms with Crippen molar-refractivity contribution in [3.63, 3.8) is 0 Å². The van der Waals surface area contributed by atoms with Gasteiger partial charge in [-0.1, -0.05) is 6.42 Å². The van der Waals surface area contributed by atoms with Gasteiger partial charge in [0.1, 0.15) is 0 Å². The van der Waals surface area contributed by atoms with Crippen LogP contribution in [-0.4, -0.2) is 37.2 Å². The maximum Gasteiger partial charge on any atom is 0.220 e. The molecule has 104 valence electrons. The van der Waals surface area contributed by atoms with Crippen molar-refractivity contribution >= 4 is 5.91 Å². The van der Waals surface area contributed by atoms with Crippen LogP contribution in [0.15, 0.2) is 0 Å². The highest BCUT2D eigenvalue weighted by atomic mass is 16.5. The van der Waals surface area contributed by atoms with Crippen LogP contribution in [0.1, 0.15) is 51.9 Å². The predicted molar refractivity (Wildman–Crippen MR) is 71.5 cm³/mol. The van der Waals surface area contributed by atoms with Crippen LogP contribution in [0.25, 0.3) is 0 Å². The summed E-state index contributed by atoms with van der Waals surface area (Å²) in [6, 6.07) is 0.548. The van der Waals surface area contributed by atoms with Crippen LogP contribution >= 0.6 is 0 Å². The Morgan fingerprint density at radius 3 is 2.83 bits per heavy atom. The van der Waals surface area contributed by atoms with Crippen molar-refractivity contribution in [2.45, 2.75) is 63.5 Å². The molecule has 2 aliphatic heterocycles. The van der Waals surface area contributed by atoms with Gasteiger partial charge in [-0.25, -0.2) is 0 Å². The van der Waals surface area contributed by atoms with E-state index in [-0.39, 0.29) is 11.4 Å². The Hall–Kier alpha value is -0.610. The smallest absolute Gasteiger partial charge is 0.220 e. The molecule has 18 heavy (non-hydrogen) atoms. The Morgan fingerprint density at radius 2 is 2.17 bits per heavy atom. The van der Waals surface area contributed by atoms with Crippen molar-refractivity contribution in [1.82, 2.24) is 10.6 Å². The molecular weight excluding hydrogens is 228 g/mol. The summed E-state index contributed by atoms with van der Waals surface area (Å²) in [6.45, 7) is 4.77. The first-order chi connectivity index (χ1) is 8.68. The fraction of sp³-hybridized carbons (Fsp3) is 0.929. The second-order valence-electron chi connectivity index (χ2n) is 5.91. The molecule has 1 atom stereocenters. The van der Waals surface area contributed by atoms with E-state index in [2.05, 4.69) is 17.6 Å². The van der Waals surface area contributed by atoms with Gasteiger partial charge in [0.25, 0.3) is 0 Å². The predicted octanol–water partition coefficient (Wildman–Crippen LogP) is 1.59. The van der Waals surface area contributed by atoms with Crippen LogP contribution in [-0.2, 0) is 9.53 Å². The van der Waals surface area contributed by atoms with E-state index >= 15 is 0 Å². The number of hydrogen-bond acceptors (Lipinski definition) is 3. The molecule has 2 saturated heterocycles. The molecule has 2 rings (SSSR count). The molecule has 2 aliphatic rings. The first-order valence-electron chi connectivity index (χ1n) is 7.30. The number of nitrogens with one attached hydrogen (secondary N) is 2. The first-order valence-corrected chi connectivity index (χ1v) is 7.30. The van der Waals surface area contributed by atoms with Gasteiger partial charge in [-0.05, 0) is 45.6 Å². The van der Waals surface area contributed by atoms with E-state index < -0.39 is 0 Å². The van der Waals surface area contributed by atoms with E-state index in [0.29, 0.717) is 12.5 Å². The summed E-state index contributed by atoms with van der Waals surface area (Å²) < 4.78 is 5.34. The third kappa shape index (κ3) is 4.25. The van der Waals surface area contributed by atoms with Gasteiger partial charge in [0, 0.05) is 31.2 Å². The van der Waals surface area contributed by atoms with E-state index in [0.717, 1.165) is 39.0 Å². The SMILES string of the molecule is CC1(NC(=O)CCC2CCCCN2)CCOCC1. The molecule has 0 spiro atoms. The molecule has 0 aliphatic carbocycles. The quantitative estimate of drug-likeness (QED) is 0.801. The molecule has 0 saturated carbocycles. The standard InChI is InChI=1S/C14H26N2O2/c1-14(7-10-18-11-8-14)16-13(17)6-5-12-4-2-3-9-15-12/h12,15H,2-11H2,1H3,(H,16,17). The third-order valence-corrected chi connectivity index (χ3v) is 4.17. The zero-order valence-electron chi connectivity index (χ0n) is 11.5. The van der Waals surface area contributed by atoms with Crippen molar-refractivity contribution in [3.8, 4) is 0 Å². The molecule has 4 nitrogen and oxygen atoms in total. The highest BCUT2D eigenvalue weighted by Crippen LogP contribution is 2.20. The highest BCUT2D eigenvalue weighted by molar-refractivity contribution is 5.76. The Labute approximate surface area is 110 Å². The van der Waals surface area contributed by atoms with E-state index in [1.807, 2.05) is 0 Å². The third-order valence-electron chi connectivity index (χ3n) is 4.17. The lowest BCUT2D eigenvalue weighted by molar-refractivity contribution is -0.124. The van der Waals surface area contributed by atoms with Crippen LogP contribution < -0.4 is 10.6 Å². The summed E-state index contributed by atoms with van der Waals surface area (Å²) in [7, 11) is 0. The average Bonchev–Trinajstić information content (AvgIpc) is 2.38. The minimum absolute atomic E-state index is 0.0463. The summed E-state index contributed by atoms with van der Waals surface area (Å²) in [5, 5.41) is 6.68. The van der Waals surface area contributed by atoms with Gasteiger partial charge < -0.3 is 15.4 Å². The number of piperidine rings is 1. The molecule has 2 fully saturated rings. The largest absolute Gasteiger partial charge is 0.381 e. The van der Waals surface area contributed by atoms with Gasteiger partial charge in [-0.15, -0.1) is 0 Å². The number of amides is 1. The Bertz CT molecular complexity index is 269. The van der Waals surface area contributed by atoms with Crippen molar-refractivity contribution in [2.24, 2.45) is 0 Å². The monoisotopic (exact) mass is 254 g/mol. The van der Waals surface area contributed by atoms with Crippen LogP contribution in [0, 0.1) is 0 Å².